The van der Waals surface area contributed by atoms with Crippen LogP contribution in [0.25, 0.3) is 10.8 Å². The van der Waals surface area contributed by atoms with Crippen LogP contribution in [0.3, 0.4) is 0 Å². The number of carbonyl (C=O) groups excluding carboxylic acids is 1. The van der Waals surface area contributed by atoms with Gasteiger partial charge in [-0.25, -0.2) is 13.5 Å². The van der Waals surface area contributed by atoms with E-state index in [-0.39, 0.29) is 23.0 Å². The molecule has 0 fully saturated rings. The molecule has 0 radical (unpaired) electrons. The number of nitrogens with zero attached hydrogens (tertiary/aromatic N) is 3. The zero-order chi connectivity index (χ0) is 20.0. The second-order valence-electron chi connectivity index (χ2n) is 7.18. The van der Waals surface area contributed by atoms with Crippen LogP contribution in [0.15, 0.2) is 41.2 Å². The van der Waals surface area contributed by atoms with E-state index in [1.54, 1.807) is 38.1 Å². The summed E-state index contributed by atoms with van der Waals surface area (Å²) in [6, 6.07) is 8.53. The van der Waals surface area contributed by atoms with Gasteiger partial charge in [-0.1, -0.05) is 18.2 Å². The number of fused-ring (bicyclic) bond motifs is 2. The van der Waals surface area contributed by atoms with Crippen molar-refractivity contribution in [1.29, 1.82) is 0 Å². The van der Waals surface area contributed by atoms with Gasteiger partial charge in [-0.3, -0.25) is 9.59 Å². The van der Waals surface area contributed by atoms with Gasteiger partial charge in [0, 0.05) is 23.6 Å². The first-order valence-electron chi connectivity index (χ1n) is 9.20. The molecule has 2 aromatic carbocycles. The fraction of sp³-hybridized carbons (Fsp3) is 0.286. The summed E-state index contributed by atoms with van der Waals surface area (Å²) < 4.78 is 29.3. The van der Waals surface area contributed by atoms with Crippen molar-refractivity contribution >= 4 is 22.4 Å². The Morgan fingerprint density at radius 3 is 2.57 bits per heavy atom. The molecule has 0 unspecified atom stereocenters. The first-order chi connectivity index (χ1) is 13.4. The van der Waals surface area contributed by atoms with Crippen molar-refractivity contribution < 1.29 is 13.6 Å². The van der Waals surface area contributed by atoms with Gasteiger partial charge >= 0.3 is 0 Å². The van der Waals surface area contributed by atoms with Crippen LogP contribution >= 0.6 is 0 Å². The first kappa shape index (κ1) is 18.3. The molecule has 1 amide bonds. The molecule has 7 heteroatoms. The summed E-state index contributed by atoms with van der Waals surface area (Å²) >= 11 is 0. The molecule has 144 valence electrons. The third kappa shape index (κ3) is 2.87. The van der Waals surface area contributed by atoms with Crippen molar-refractivity contribution in [3.8, 4) is 0 Å². The van der Waals surface area contributed by atoms with Gasteiger partial charge in [0.05, 0.1) is 17.1 Å². The Balaban J connectivity index is 1.92. The highest BCUT2D eigenvalue weighted by molar-refractivity contribution is 6.12. The largest absolute Gasteiger partial charge is 0.306 e. The van der Waals surface area contributed by atoms with Gasteiger partial charge in [-0.2, -0.15) is 5.10 Å². The van der Waals surface area contributed by atoms with Gasteiger partial charge in [-0.15, -0.1) is 0 Å². The molecule has 0 atom stereocenters. The van der Waals surface area contributed by atoms with Crippen LogP contribution in [0.5, 0.6) is 0 Å². The van der Waals surface area contributed by atoms with Crippen LogP contribution < -0.4 is 10.5 Å². The number of anilines is 1. The highest BCUT2D eigenvalue weighted by Gasteiger charge is 2.29. The number of benzene rings is 2. The average molecular weight is 383 g/mol. The van der Waals surface area contributed by atoms with Gasteiger partial charge in [0.15, 0.2) is 5.69 Å². The zero-order valence-electron chi connectivity index (χ0n) is 15.6. The van der Waals surface area contributed by atoms with Crippen molar-refractivity contribution in [2.75, 3.05) is 11.4 Å². The molecule has 0 bridgehead atoms. The molecular formula is C21H19F2N3O2. The van der Waals surface area contributed by atoms with E-state index in [1.807, 2.05) is 0 Å². The number of rotatable bonds is 2. The Labute approximate surface area is 160 Å². The van der Waals surface area contributed by atoms with Gasteiger partial charge in [0.2, 0.25) is 0 Å². The Kier molecular flexibility index (Phi) is 4.45. The fourth-order valence-electron chi connectivity index (χ4n) is 3.67. The van der Waals surface area contributed by atoms with E-state index in [0.717, 1.165) is 6.07 Å². The first-order valence-corrected chi connectivity index (χ1v) is 9.20. The predicted molar refractivity (Wildman–Crippen MR) is 103 cm³/mol. The molecule has 0 saturated heterocycles. The quantitative estimate of drug-likeness (QED) is 0.676. The molecule has 1 aliphatic heterocycles. The Bertz CT molecular complexity index is 1150. The van der Waals surface area contributed by atoms with Gasteiger partial charge in [-0.05, 0) is 38.8 Å². The van der Waals surface area contributed by atoms with Crippen LogP contribution in [0, 0.1) is 11.6 Å². The van der Waals surface area contributed by atoms with Crippen LogP contribution in [0.4, 0.5) is 14.5 Å². The summed E-state index contributed by atoms with van der Waals surface area (Å²) in [6.45, 7) is 3.93. The van der Waals surface area contributed by atoms with Crippen molar-refractivity contribution in [1.82, 2.24) is 9.78 Å². The van der Waals surface area contributed by atoms with Crippen molar-refractivity contribution in [2.45, 2.75) is 32.7 Å². The van der Waals surface area contributed by atoms with Crippen molar-refractivity contribution in [2.24, 2.45) is 0 Å². The van der Waals surface area contributed by atoms with Crippen molar-refractivity contribution in [3.63, 3.8) is 0 Å². The topological polar surface area (TPSA) is 55.2 Å². The number of hydrogen-bond acceptors (Lipinski definition) is 3. The summed E-state index contributed by atoms with van der Waals surface area (Å²) in [5.41, 5.74) is 0.365. The Morgan fingerprint density at radius 1 is 1.14 bits per heavy atom. The summed E-state index contributed by atoms with van der Waals surface area (Å²) in [6.07, 6.45) is 0.994. The fourth-order valence-corrected chi connectivity index (χ4v) is 3.67. The summed E-state index contributed by atoms with van der Waals surface area (Å²) in [7, 11) is 0. The standard InChI is InChI=1S/C21H19F2N3O2/c1-12(2)26-20(27)15-7-4-3-6-14(15)19(24-26)21(28)25-9-5-8-16-17(23)10-13(22)11-18(16)25/h3-4,6-7,10-12H,5,8-9H2,1-2H3. The second kappa shape index (κ2) is 6.82. The maximum atomic E-state index is 14.2. The van der Waals surface area contributed by atoms with Gasteiger partial charge < -0.3 is 4.90 Å². The maximum absolute atomic E-state index is 14.2. The smallest absolute Gasteiger partial charge is 0.279 e. The molecule has 0 saturated carbocycles. The molecule has 0 spiro atoms. The molecule has 0 N–H and O–H groups in total. The minimum Gasteiger partial charge on any atom is -0.306 e. The lowest BCUT2D eigenvalue weighted by Gasteiger charge is -2.30. The Hall–Kier alpha value is -3.09. The molecule has 28 heavy (non-hydrogen) atoms. The van der Waals surface area contributed by atoms with Crippen LogP contribution in [0.2, 0.25) is 0 Å². The molecule has 4 rings (SSSR count). The lowest BCUT2D eigenvalue weighted by Crippen LogP contribution is -2.38. The van der Waals surface area contributed by atoms with E-state index in [0.29, 0.717) is 35.7 Å². The SMILES string of the molecule is CC(C)n1nc(C(=O)N2CCCc3c(F)cc(F)cc32)c2ccccc2c1=O. The molecule has 5 nitrogen and oxygen atoms in total. The Morgan fingerprint density at radius 2 is 1.86 bits per heavy atom. The third-order valence-electron chi connectivity index (χ3n) is 5.00. The van der Waals surface area contributed by atoms with Crippen LogP contribution in [0.1, 0.15) is 42.4 Å². The lowest BCUT2D eigenvalue weighted by atomic mass is 10.00. The predicted octanol–water partition coefficient (Wildman–Crippen LogP) is 3.85. The maximum Gasteiger partial charge on any atom is 0.279 e. The third-order valence-corrected chi connectivity index (χ3v) is 5.00. The van der Waals surface area contributed by atoms with E-state index in [1.165, 1.54) is 15.6 Å². The summed E-state index contributed by atoms with van der Waals surface area (Å²) in [5.74, 6) is -1.87. The van der Waals surface area contributed by atoms with E-state index >= 15 is 0 Å². The van der Waals surface area contributed by atoms with Crippen LogP contribution in [-0.2, 0) is 6.42 Å². The number of amides is 1. The number of halogens is 2. The molecule has 0 aliphatic carbocycles. The number of aromatic nitrogens is 2. The molecule has 1 aliphatic rings. The monoisotopic (exact) mass is 383 g/mol. The highest BCUT2D eigenvalue weighted by Crippen LogP contribution is 2.32. The van der Waals surface area contributed by atoms with E-state index in [9.17, 15) is 18.4 Å². The summed E-state index contributed by atoms with van der Waals surface area (Å²) in [4.78, 5) is 27.4. The number of hydrogen-bond donors (Lipinski definition) is 0. The molecule has 2 heterocycles. The van der Waals surface area contributed by atoms with E-state index < -0.39 is 17.5 Å². The van der Waals surface area contributed by atoms with Crippen molar-refractivity contribution in [3.05, 3.63) is 69.6 Å². The lowest BCUT2D eigenvalue weighted by molar-refractivity contribution is 0.0979. The van der Waals surface area contributed by atoms with E-state index in [4.69, 9.17) is 0 Å². The van der Waals surface area contributed by atoms with E-state index in [2.05, 4.69) is 5.10 Å². The minimum absolute atomic E-state index is 0.0985. The zero-order valence-corrected chi connectivity index (χ0v) is 15.6. The van der Waals surface area contributed by atoms with Crippen LogP contribution in [-0.4, -0.2) is 22.2 Å². The molecular weight excluding hydrogens is 364 g/mol. The highest BCUT2D eigenvalue weighted by atomic mass is 19.1. The minimum atomic E-state index is -0.735. The normalized spacial score (nSPS) is 13.8. The van der Waals surface area contributed by atoms with Gasteiger partial charge in [0.1, 0.15) is 11.6 Å². The summed E-state index contributed by atoms with van der Waals surface area (Å²) in [5, 5.41) is 5.13. The average Bonchev–Trinajstić information content (AvgIpc) is 2.67. The van der Waals surface area contributed by atoms with Gasteiger partial charge in [0.25, 0.3) is 11.5 Å². The second-order valence-corrected chi connectivity index (χ2v) is 7.18. The molecule has 3 aromatic rings. The number of carbonyl (C=O) groups is 1. The molecule has 1 aromatic heterocycles.